The largest absolute Gasteiger partial charge is 0.398 e. The Balaban J connectivity index is 2.53. The zero-order valence-corrected chi connectivity index (χ0v) is 13.0. The van der Waals surface area contributed by atoms with Crippen LogP contribution in [0.2, 0.25) is 0 Å². The predicted molar refractivity (Wildman–Crippen MR) is 79.6 cm³/mol. The summed E-state index contributed by atoms with van der Waals surface area (Å²) in [5.41, 5.74) is 7.38. The number of nitrogen functional groups attached to an aromatic ring is 1. The first kappa shape index (κ1) is 14.0. The first-order valence-electron chi connectivity index (χ1n) is 6.30. The predicted octanol–water partition coefficient (Wildman–Crippen LogP) is 3.22. The molecule has 19 heavy (non-hydrogen) atoms. The van der Waals surface area contributed by atoms with Crippen LogP contribution in [0, 0.1) is 0 Å². The molecule has 5 nitrogen and oxygen atoms in total. The molecule has 2 aromatic rings. The summed E-state index contributed by atoms with van der Waals surface area (Å²) in [6, 6.07) is 5.71. The van der Waals surface area contributed by atoms with Crippen molar-refractivity contribution < 1.29 is 0 Å². The van der Waals surface area contributed by atoms with Gasteiger partial charge in [0.05, 0.1) is 10.0 Å². The molecule has 0 radical (unpaired) electrons. The lowest BCUT2D eigenvalue weighted by atomic mass is 9.98. The van der Waals surface area contributed by atoms with E-state index in [-0.39, 0.29) is 5.54 Å². The highest BCUT2D eigenvalue weighted by molar-refractivity contribution is 9.10. The van der Waals surface area contributed by atoms with Gasteiger partial charge in [-0.25, -0.2) is 4.68 Å². The molecule has 0 amide bonds. The summed E-state index contributed by atoms with van der Waals surface area (Å²) in [5, 5.41) is 12.1. The van der Waals surface area contributed by atoms with Gasteiger partial charge < -0.3 is 5.73 Å². The number of hydrogen-bond donors (Lipinski definition) is 1. The Hall–Kier alpha value is -1.43. The molecule has 0 aliphatic heterocycles. The number of tetrazole rings is 1. The Morgan fingerprint density at radius 1 is 1.37 bits per heavy atom. The van der Waals surface area contributed by atoms with E-state index in [9.17, 15) is 0 Å². The maximum absolute atomic E-state index is 5.92. The molecular formula is C13H18BrN5. The van der Waals surface area contributed by atoms with Crippen LogP contribution in [-0.2, 0) is 5.54 Å². The lowest BCUT2D eigenvalue weighted by Crippen LogP contribution is -2.28. The third-order valence-corrected chi connectivity index (χ3v) is 4.06. The minimum atomic E-state index is -0.127. The third kappa shape index (κ3) is 2.63. The molecule has 0 fully saturated rings. The van der Waals surface area contributed by atoms with Crippen molar-refractivity contribution in [1.29, 1.82) is 0 Å². The summed E-state index contributed by atoms with van der Waals surface area (Å²) in [7, 11) is 0. The summed E-state index contributed by atoms with van der Waals surface area (Å²) in [4.78, 5) is 0. The minimum Gasteiger partial charge on any atom is -0.398 e. The van der Waals surface area contributed by atoms with E-state index in [4.69, 9.17) is 5.73 Å². The van der Waals surface area contributed by atoms with Crippen LogP contribution in [0.3, 0.4) is 0 Å². The average Bonchev–Trinajstić information content (AvgIpc) is 2.82. The number of anilines is 1. The van der Waals surface area contributed by atoms with Crippen molar-refractivity contribution in [1.82, 2.24) is 20.2 Å². The van der Waals surface area contributed by atoms with E-state index in [1.165, 1.54) is 0 Å². The number of rotatable bonds is 4. The van der Waals surface area contributed by atoms with Crippen molar-refractivity contribution in [3.8, 4) is 11.4 Å². The lowest BCUT2D eigenvalue weighted by Gasteiger charge is -2.25. The zero-order valence-electron chi connectivity index (χ0n) is 11.4. The Bertz CT molecular complexity index is 576. The van der Waals surface area contributed by atoms with Gasteiger partial charge in [-0.1, -0.05) is 19.4 Å². The van der Waals surface area contributed by atoms with Gasteiger partial charge in [0.1, 0.15) is 0 Å². The molecule has 1 heterocycles. The first-order chi connectivity index (χ1) is 8.97. The molecule has 0 saturated heterocycles. The summed E-state index contributed by atoms with van der Waals surface area (Å²) >= 11 is 3.51. The Morgan fingerprint density at radius 3 is 2.79 bits per heavy atom. The van der Waals surface area contributed by atoms with Gasteiger partial charge in [0.15, 0.2) is 5.82 Å². The summed E-state index contributed by atoms with van der Waals surface area (Å²) < 4.78 is 2.70. The van der Waals surface area contributed by atoms with Crippen LogP contribution in [0.1, 0.15) is 33.6 Å². The van der Waals surface area contributed by atoms with Gasteiger partial charge in [0.25, 0.3) is 0 Å². The summed E-state index contributed by atoms with van der Waals surface area (Å²) in [5.74, 6) is 0.734. The van der Waals surface area contributed by atoms with Crippen LogP contribution in [0.4, 0.5) is 5.69 Å². The molecule has 6 heteroatoms. The number of nitrogens with two attached hydrogens (primary N) is 1. The van der Waals surface area contributed by atoms with Crippen LogP contribution in [-0.4, -0.2) is 20.2 Å². The second-order valence-electron chi connectivity index (χ2n) is 5.19. The SMILES string of the molecule is CCCC(C)(C)n1nnnc1-c1cccc(N)c1Br. The molecule has 1 aromatic heterocycles. The van der Waals surface area contributed by atoms with Gasteiger partial charge in [0, 0.05) is 11.3 Å². The Labute approximate surface area is 121 Å². The molecule has 2 N–H and O–H groups in total. The molecule has 1 aromatic carbocycles. The molecular weight excluding hydrogens is 306 g/mol. The fraction of sp³-hybridized carbons (Fsp3) is 0.462. The molecule has 0 aliphatic rings. The molecule has 0 spiro atoms. The number of nitrogens with zero attached hydrogens (tertiary/aromatic N) is 4. The average molecular weight is 324 g/mol. The van der Waals surface area contributed by atoms with E-state index in [0.717, 1.165) is 28.7 Å². The smallest absolute Gasteiger partial charge is 0.183 e. The van der Waals surface area contributed by atoms with Crippen LogP contribution < -0.4 is 5.73 Å². The van der Waals surface area contributed by atoms with Crippen molar-refractivity contribution in [3.63, 3.8) is 0 Å². The Morgan fingerprint density at radius 2 is 2.11 bits per heavy atom. The van der Waals surface area contributed by atoms with Gasteiger partial charge in [-0.3, -0.25) is 0 Å². The maximum Gasteiger partial charge on any atom is 0.183 e. The van der Waals surface area contributed by atoms with E-state index in [1.54, 1.807) is 0 Å². The summed E-state index contributed by atoms with van der Waals surface area (Å²) in [6.45, 7) is 6.43. The topological polar surface area (TPSA) is 69.6 Å². The standard InChI is InChI=1S/C13H18BrN5/c1-4-8-13(2,3)19-12(16-17-18-19)9-6-5-7-10(15)11(9)14/h5-7H,4,8,15H2,1-3H3. The van der Waals surface area contributed by atoms with Gasteiger partial charge in [0.2, 0.25) is 0 Å². The normalized spacial score (nSPS) is 11.8. The van der Waals surface area contributed by atoms with E-state index in [0.29, 0.717) is 5.69 Å². The maximum atomic E-state index is 5.92. The minimum absolute atomic E-state index is 0.127. The third-order valence-electron chi connectivity index (χ3n) is 3.17. The number of halogens is 1. The van der Waals surface area contributed by atoms with Crippen molar-refractivity contribution >= 4 is 21.6 Å². The van der Waals surface area contributed by atoms with Crippen LogP contribution in [0.15, 0.2) is 22.7 Å². The van der Waals surface area contributed by atoms with E-state index < -0.39 is 0 Å². The van der Waals surface area contributed by atoms with Crippen molar-refractivity contribution in [2.75, 3.05) is 5.73 Å². The fourth-order valence-electron chi connectivity index (χ4n) is 2.20. The van der Waals surface area contributed by atoms with Crippen LogP contribution in [0.5, 0.6) is 0 Å². The molecule has 0 unspecified atom stereocenters. The van der Waals surface area contributed by atoms with E-state index >= 15 is 0 Å². The second kappa shape index (κ2) is 5.28. The highest BCUT2D eigenvalue weighted by Gasteiger charge is 2.26. The number of hydrogen-bond acceptors (Lipinski definition) is 4. The van der Waals surface area contributed by atoms with Crippen LogP contribution in [0.25, 0.3) is 11.4 Å². The van der Waals surface area contributed by atoms with Crippen molar-refractivity contribution in [3.05, 3.63) is 22.7 Å². The second-order valence-corrected chi connectivity index (χ2v) is 5.98. The lowest BCUT2D eigenvalue weighted by molar-refractivity contribution is 0.290. The van der Waals surface area contributed by atoms with E-state index in [1.807, 2.05) is 22.9 Å². The van der Waals surface area contributed by atoms with Gasteiger partial charge in [-0.15, -0.1) is 5.10 Å². The van der Waals surface area contributed by atoms with Gasteiger partial charge >= 0.3 is 0 Å². The van der Waals surface area contributed by atoms with Gasteiger partial charge in [-0.05, 0) is 58.8 Å². The Kier molecular flexibility index (Phi) is 3.89. The number of benzene rings is 1. The fourth-order valence-corrected chi connectivity index (χ4v) is 2.64. The van der Waals surface area contributed by atoms with Crippen molar-refractivity contribution in [2.24, 2.45) is 0 Å². The molecule has 0 aliphatic carbocycles. The zero-order chi connectivity index (χ0) is 14.0. The highest BCUT2D eigenvalue weighted by Crippen LogP contribution is 2.33. The molecule has 0 atom stereocenters. The van der Waals surface area contributed by atoms with Crippen LogP contribution >= 0.6 is 15.9 Å². The molecule has 0 bridgehead atoms. The molecule has 0 saturated carbocycles. The quantitative estimate of drug-likeness (QED) is 0.877. The van der Waals surface area contributed by atoms with Crippen molar-refractivity contribution in [2.45, 2.75) is 39.2 Å². The number of aromatic nitrogens is 4. The highest BCUT2D eigenvalue weighted by atomic mass is 79.9. The first-order valence-corrected chi connectivity index (χ1v) is 7.10. The van der Waals surface area contributed by atoms with E-state index in [2.05, 4.69) is 52.2 Å². The monoisotopic (exact) mass is 323 g/mol. The molecule has 102 valence electrons. The molecule has 2 rings (SSSR count). The summed E-state index contributed by atoms with van der Waals surface area (Å²) in [6.07, 6.45) is 2.08. The van der Waals surface area contributed by atoms with Gasteiger partial charge in [-0.2, -0.15) is 0 Å².